The van der Waals surface area contributed by atoms with Gasteiger partial charge in [-0.15, -0.1) is 0 Å². The van der Waals surface area contributed by atoms with Crippen LogP contribution in [0, 0.1) is 5.82 Å². The van der Waals surface area contributed by atoms with Crippen LogP contribution < -0.4 is 5.14 Å². The molecule has 0 unspecified atom stereocenters. The van der Waals surface area contributed by atoms with Gasteiger partial charge in [-0.25, -0.2) is 22.9 Å². The number of halogens is 1. The molecule has 3 rings (SSSR count). The van der Waals surface area contributed by atoms with E-state index in [-0.39, 0.29) is 22.4 Å². The second-order valence-corrected chi connectivity index (χ2v) is 9.57. The van der Waals surface area contributed by atoms with Crippen molar-refractivity contribution in [3.8, 4) is 0 Å². The minimum Gasteiger partial charge on any atom is -0.338 e. The van der Waals surface area contributed by atoms with Crippen molar-refractivity contribution in [2.24, 2.45) is 5.14 Å². The quantitative estimate of drug-likeness (QED) is 0.490. The summed E-state index contributed by atoms with van der Waals surface area (Å²) in [6.07, 6.45) is 0.852. The van der Waals surface area contributed by atoms with E-state index in [1.807, 2.05) is 18.4 Å². The fraction of sp³-hybridized carbons (Fsp3) is 0.333. The van der Waals surface area contributed by atoms with E-state index in [0.717, 1.165) is 17.5 Å². The van der Waals surface area contributed by atoms with Crippen LogP contribution in [0.5, 0.6) is 0 Å². The number of rotatable bonds is 9. The van der Waals surface area contributed by atoms with Gasteiger partial charge in [-0.05, 0) is 49.2 Å². The van der Waals surface area contributed by atoms with Gasteiger partial charge in [0.1, 0.15) is 5.82 Å². The van der Waals surface area contributed by atoms with E-state index in [4.69, 9.17) is 5.14 Å². The molecule has 2 N–H and O–H groups in total. The molecule has 0 bridgehead atoms. The maximum Gasteiger partial charge on any atom is 0.238 e. The smallest absolute Gasteiger partial charge is 0.238 e. The normalized spacial score (nSPS) is 11.7. The molecule has 0 aliphatic rings. The number of nitrogens with zero attached hydrogens (tertiary/aromatic N) is 3. The van der Waals surface area contributed by atoms with Gasteiger partial charge in [-0.3, -0.25) is 4.79 Å². The first-order valence-electron chi connectivity index (χ1n) is 9.91. The molecule has 166 valence electrons. The number of nitrogens with two attached hydrogens (primary N) is 1. The van der Waals surface area contributed by atoms with Crippen molar-refractivity contribution in [1.29, 1.82) is 0 Å². The number of primary sulfonamides is 1. The van der Waals surface area contributed by atoms with Crippen LogP contribution >= 0.6 is 11.8 Å². The first kappa shape index (κ1) is 23.2. The highest BCUT2D eigenvalue weighted by molar-refractivity contribution is 7.99. The molecule has 0 spiro atoms. The monoisotopic (exact) mass is 464 g/mol. The highest BCUT2D eigenvalue weighted by atomic mass is 32.2. The molecule has 7 nitrogen and oxygen atoms in total. The van der Waals surface area contributed by atoms with Crippen LogP contribution in [0.15, 0.2) is 52.5 Å². The predicted molar refractivity (Wildman–Crippen MR) is 120 cm³/mol. The highest BCUT2D eigenvalue weighted by Crippen LogP contribution is 2.26. The number of carbonyl (C=O) groups excluding carboxylic acids is 1. The summed E-state index contributed by atoms with van der Waals surface area (Å²) in [6, 6.07) is 10.8. The lowest BCUT2D eigenvalue weighted by atomic mass is 10.2. The molecule has 1 aromatic heterocycles. The van der Waals surface area contributed by atoms with Crippen molar-refractivity contribution >= 4 is 38.7 Å². The Labute approximate surface area is 185 Å². The zero-order chi connectivity index (χ0) is 22.6. The van der Waals surface area contributed by atoms with Crippen molar-refractivity contribution < 1.29 is 17.6 Å². The van der Waals surface area contributed by atoms with Crippen molar-refractivity contribution in [1.82, 2.24) is 14.5 Å². The number of aromatic nitrogens is 2. The number of imidazole rings is 1. The average Bonchev–Trinajstić information content (AvgIpc) is 3.07. The lowest BCUT2D eigenvalue weighted by Gasteiger charge is -2.21. The van der Waals surface area contributed by atoms with Crippen molar-refractivity contribution in [2.75, 3.05) is 12.3 Å². The summed E-state index contributed by atoms with van der Waals surface area (Å²) < 4.78 is 38.7. The summed E-state index contributed by atoms with van der Waals surface area (Å²) in [5.41, 5.74) is 2.03. The number of carbonyl (C=O) groups is 1. The molecule has 0 saturated carbocycles. The van der Waals surface area contributed by atoms with E-state index in [1.54, 1.807) is 23.1 Å². The second kappa shape index (κ2) is 9.80. The third kappa shape index (κ3) is 5.63. The van der Waals surface area contributed by atoms with Gasteiger partial charge in [-0.2, -0.15) is 0 Å². The van der Waals surface area contributed by atoms with Gasteiger partial charge in [0.15, 0.2) is 5.16 Å². The number of benzene rings is 2. The van der Waals surface area contributed by atoms with Crippen molar-refractivity contribution in [2.45, 2.75) is 43.4 Å². The van der Waals surface area contributed by atoms with E-state index in [1.165, 1.54) is 36.0 Å². The average molecular weight is 465 g/mol. The van der Waals surface area contributed by atoms with Crippen LogP contribution in [-0.2, 0) is 27.9 Å². The molecule has 0 radical (unpaired) electrons. The van der Waals surface area contributed by atoms with Crippen molar-refractivity contribution in [3.05, 3.63) is 53.8 Å². The Kier molecular flexibility index (Phi) is 7.34. The molecular weight excluding hydrogens is 439 g/mol. The Bertz CT molecular complexity index is 1190. The second-order valence-electron chi connectivity index (χ2n) is 7.07. The predicted octanol–water partition coefficient (Wildman–Crippen LogP) is 3.37. The van der Waals surface area contributed by atoms with E-state index < -0.39 is 10.0 Å². The van der Waals surface area contributed by atoms with Crippen LogP contribution in [0.2, 0.25) is 0 Å². The number of hydrogen-bond acceptors (Lipinski definition) is 5. The van der Waals surface area contributed by atoms with E-state index in [2.05, 4.69) is 4.98 Å². The Morgan fingerprint density at radius 1 is 1.23 bits per heavy atom. The Morgan fingerprint density at radius 2 is 2.00 bits per heavy atom. The van der Waals surface area contributed by atoms with Gasteiger partial charge in [0.2, 0.25) is 15.9 Å². The number of amides is 1. The first-order valence-corrected chi connectivity index (χ1v) is 12.4. The standard InChI is InChI=1S/C21H25FN4O3S2/c1-3-10-26-19-9-8-17(31(23,28)29)12-18(19)24-21(26)30-14-20(27)25(4-2)13-15-6-5-7-16(22)11-15/h5-9,11-12H,3-4,10,13-14H2,1-2H3,(H2,23,28,29). The van der Waals surface area contributed by atoms with Crippen molar-refractivity contribution in [3.63, 3.8) is 0 Å². The Morgan fingerprint density at radius 3 is 2.65 bits per heavy atom. The number of thioether (sulfide) groups is 1. The van der Waals surface area contributed by atoms with Gasteiger partial charge >= 0.3 is 0 Å². The van der Waals surface area contributed by atoms with E-state index >= 15 is 0 Å². The third-order valence-electron chi connectivity index (χ3n) is 4.78. The topological polar surface area (TPSA) is 98.3 Å². The van der Waals surface area contributed by atoms with Gasteiger partial charge in [0, 0.05) is 19.6 Å². The van der Waals surface area contributed by atoms with Crippen LogP contribution in [0.3, 0.4) is 0 Å². The molecule has 0 aliphatic carbocycles. The molecular formula is C21H25FN4O3S2. The van der Waals surface area contributed by atoms with E-state index in [0.29, 0.717) is 30.3 Å². The zero-order valence-corrected chi connectivity index (χ0v) is 19.0. The summed E-state index contributed by atoms with van der Waals surface area (Å²) in [7, 11) is -3.83. The lowest BCUT2D eigenvalue weighted by Crippen LogP contribution is -2.31. The molecule has 0 aliphatic heterocycles. The van der Waals surface area contributed by atoms with Gasteiger partial charge in [-0.1, -0.05) is 30.8 Å². The molecule has 0 fully saturated rings. The summed E-state index contributed by atoms with van der Waals surface area (Å²) in [4.78, 5) is 19.0. The number of hydrogen-bond donors (Lipinski definition) is 1. The molecule has 10 heteroatoms. The molecule has 31 heavy (non-hydrogen) atoms. The zero-order valence-electron chi connectivity index (χ0n) is 17.4. The summed E-state index contributed by atoms with van der Waals surface area (Å²) in [5.74, 6) is -0.252. The van der Waals surface area contributed by atoms with Crippen LogP contribution in [0.1, 0.15) is 25.8 Å². The number of aryl methyl sites for hydroxylation is 1. The van der Waals surface area contributed by atoms with Gasteiger partial charge in [0.05, 0.1) is 21.7 Å². The lowest BCUT2D eigenvalue weighted by molar-refractivity contribution is -0.128. The largest absolute Gasteiger partial charge is 0.338 e. The molecule has 0 atom stereocenters. The highest BCUT2D eigenvalue weighted by Gasteiger charge is 2.18. The fourth-order valence-corrected chi connectivity index (χ4v) is 4.74. The fourth-order valence-electron chi connectivity index (χ4n) is 3.26. The van der Waals surface area contributed by atoms with Gasteiger partial charge in [0.25, 0.3) is 0 Å². The molecule has 3 aromatic rings. The summed E-state index contributed by atoms with van der Waals surface area (Å²) in [6.45, 7) is 5.42. The summed E-state index contributed by atoms with van der Waals surface area (Å²) >= 11 is 1.30. The summed E-state index contributed by atoms with van der Waals surface area (Å²) in [5, 5.41) is 5.87. The van der Waals surface area contributed by atoms with E-state index in [9.17, 15) is 17.6 Å². The Hall–Kier alpha value is -2.43. The first-order chi connectivity index (χ1) is 14.7. The maximum atomic E-state index is 13.4. The third-order valence-corrected chi connectivity index (χ3v) is 6.65. The molecule has 0 saturated heterocycles. The minimum absolute atomic E-state index is 0.000950. The van der Waals surface area contributed by atoms with Crippen LogP contribution in [-0.4, -0.2) is 41.1 Å². The Balaban J connectivity index is 1.79. The number of sulfonamides is 1. The molecule has 1 heterocycles. The number of fused-ring (bicyclic) bond motifs is 1. The van der Waals surface area contributed by atoms with Crippen LogP contribution in [0.25, 0.3) is 11.0 Å². The maximum absolute atomic E-state index is 13.4. The molecule has 2 aromatic carbocycles. The SMILES string of the molecule is CCCn1c(SCC(=O)N(CC)Cc2cccc(F)c2)nc2cc(S(N)(=O)=O)ccc21. The molecule has 1 amide bonds. The minimum atomic E-state index is -3.83. The van der Waals surface area contributed by atoms with Crippen LogP contribution in [0.4, 0.5) is 4.39 Å². The van der Waals surface area contributed by atoms with Gasteiger partial charge < -0.3 is 9.47 Å².